The highest BCUT2D eigenvalue weighted by Gasteiger charge is 2.19. The Morgan fingerprint density at radius 1 is 0.774 bits per heavy atom. The van der Waals surface area contributed by atoms with Gasteiger partial charge >= 0.3 is 11.9 Å². The van der Waals surface area contributed by atoms with Gasteiger partial charge in [0, 0.05) is 6.54 Å². The van der Waals surface area contributed by atoms with Crippen LogP contribution >= 0.6 is 0 Å². The first kappa shape index (κ1) is 24.0. The lowest BCUT2D eigenvalue weighted by Crippen LogP contribution is -2.22. The molecule has 8 nitrogen and oxygen atoms in total. The molecule has 0 aliphatic heterocycles. The molecule has 31 heavy (non-hydrogen) atoms. The van der Waals surface area contributed by atoms with Crippen molar-refractivity contribution < 1.29 is 33.3 Å². The maximum Gasteiger partial charge on any atom is 0.343 e. The minimum Gasteiger partial charge on any atom is -0.493 e. The molecule has 0 fully saturated rings. The van der Waals surface area contributed by atoms with E-state index in [0.29, 0.717) is 29.4 Å². The Labute approximate surface area is 182 Å². The van der Waals surface area contributed by atoms with E-state index in [0.717, 1.165) is 18.7 Å². The summed E-state index contributed by atoms with van der Waals surface area (Å²) < 4.78 is 26.3. The van der Waals surface area contributed by atoms with Crippen molar-refractivity contribution in [2.24, 2.45) is 0 Å². The third kappa shape index (κ3) is 5.88. The first-order valence-electron chi connectivity index (χ1n) is 9.87. The summed E-state index contributed by atoms with van der Waals surface area (Å²) in [6, 6.07) is 7.96. The number of ether oxygens (including phenoxy) is 5. The van der Waals surface area contributed by atoms with E-state index >= 15 is 0 Å². The monoisotopic (exact) mass is 431 g/mol. The van der Waals surface area contributed by atoms with Crippen LogP contribution in [0.3, 0.4) is 0 Å². The quantitative estimate of drug-likeness (QED) is 0.417. The fourth-order valence-electron chi connectivity index (χ4n) is 3.12. The number of carbonyl (C=O) groups excluding carboxylic acids is 2. The van der Waals surface area contributed by atoms with Crippen LogP contribution in [0.4, 0.5) is 0 Å². The van der Waals surface area contributed by atoms with Crippen molar-refractivity contribution in [3.63, 3.8) is 0 Å². The van der Waals surface area contributed by atoms with Gasteiger partial charge in [0.05, 0.1) is 39.6 Å². The summed E-state index contributed by atoms with van der Waals surface area (Å²) in [6.07, 6.45) is 0. The summed E-state index contributed by atoms with van der Waals surface area (Å²) in [5.41, 5.74) is 1.35. The van der Waals surface area contributed by atoms with Crippen molar-refractivity contribution in [1.82, 2.24) is 4.90 Å². The normalized spacial score (nSPS) is 10.5. The van der Waals surface area contributed by atoms with Gasteiger partial charge in [0.1, 0.15) is 5.75 Å². The summed E-state index contributed by atoms with van der Waals surface area (Å²) in [5, 5.41) is 0. The van der Waals surface area contributed by atoms with E-state index in [-0.39, 0.29) is 11.3 Å². The SMILES string of the molecule is CCN(CC)Cc1cc(OC(=O)c2cc(OC)c(OC)c(OC)c2)cc(C(=O)OC)c1. The zero-order chi connectivity index (χ0) is 23.0. The number of benzene rings is 2. The summed E-state index contributed by atoms with van der Waals surface area (Å²) in [5.74, 6) is 0.139. The number of hydrogen-bond donors (Lipinski definition) is 0. The Bertz CT molecular complexity index is 897. The van der Waals surface area contributed by atoms with Crippen LogP contribution in [0.25, 0.3) is 0 Å². The van der Waals surface area contributed by atoms with Gasteiger partial charge in [0.15, 0.2) is 11.5 Å². The molecule has 8 heteroatoms. The largest absolute Gasteiger partial charge is 0.493 e. The predicted octanol–water partition coefficient (Wildman–Crippen LogP) is 3.56. The van der Waals surface area contributed by atoms with Crippen LogP contribution in [-0.2, 0) is 11.3 Å². The molecule has 0 bridgehead atoms. The molecule has 2 rings (SSSR count). The number of nitrogens with zero attached hydrogens (tertiary/aromatic N) is 1. The van der Waals surface area contributed by atoms with Gasteiger partial charge < -0.3 is 23.7 Å². The second-order valence-corrected chi connectivity index (χ2v) is 6.62. The van der Waals surface area contributed by atoms with Crippen molar-refractivity contribution in [3.8, 4) is 23.0 Å². The average molecular weight is 431 g/mol. The minimum atomic E-state index is -0.630. The van der Waals surface area contributed by atoms with E-state index in [9.17, 15) is 9.59 Å². The summed E-state index contributed by atoms with van der Waals surface area (Å²) in [4.78, 5) is 27.1. The number of carbonyl (C=O) groups is 2. The Morgan fingerprint density at radius 2 is 1.35 bits per heavy atom. The second-order valence-electron chi connectivity index (χ2n) is 6.62. The maximum absolute atomic E-state index is 12.8. The molecule has 2 aromatic carbocycles. The molecule has 0 heterocycles. The smallest absolute Gasteiger partial charge is 0.343 e. The maximum atomic E-state index is 12.8. The lowest BCUT2D eigenvalue weighted by Gasteiger charge is -2.19. The van der Waals surface area contributed by atoms with Gasteiger partial charge in [-0.25, -0.2) is 9.59 Å². The van der Waals surface area contributed by atoms with Gasteiger partial charge in [-0.3, -0.25) is 4.90 Å². The summed E-state index contributed by atoms with van der Waals surface area (Å²) >= 11 is 0. The molecule has 0 amide bonds. The second kappa shape index (κ2) is 11.2. The molecule has 0 saturated carbocycles. The predicted molar refractivity (Wildman–Crippen MR) is 115 cm³/mol. The van der Waals surface area contributed by atoms with Gasteiger partial charge in [-0.05, 0) is 49.0 Å². The van der Waals surface area contributed by atoms with Crippen molar-refractivity contribution in [1.29, 1.82) is 0 Å². The van der Waals surface area contributed by atoms with Crippen molar-refractivity contribution in [3.05, 3.63) is 47.0 Å². The zero-order valence-corrected chi connectivity index (χ0v) is 18.8. The minimum absolute atomic E-state index is 0.211. The first-order valence-corrected chi connectivity index (χ1v) is 9.87. The highest BCUT2D eigenvalue weighted by molar-refractivity contribution is 5.94. The molecule has 0 radical (unpaired) electrons. The van der Waals surface area contributed by atoms with Gasteiger partial charge in [-0.15, -0.1) is 0 Å². The number of methoxy groups -OCH3 is 4. The van der Waals surface area contributed by atoms with Gasteiger partial charge in [0.25, 0.3) is 0 Å². The molecule has 0 atom stereocenters. The van der Waals surface area contributed by atoms with Crippen molar-refractivity contribution >= 4 is 11.9 Å². The molecule has 168 valence electrons. The van der Waals surface area contributed by atoms with Crippen LogP contribution in [-0.4, -0.2) is 58.4 Å². The van der Waals surface area contributed by atoms with Crippen LogP contribution in [0.5, 0.6) is 23.0 Å². The van der Waals surface area contributed by atoms with E-state index in [2.05, 4.69) is 18.7 Å². The van der Waals surface area contributed by atoms with Crippen LogP contribution in [0.15, 0.2) is 30.3 Å². The van der Waals surface area contributed by atoms with Gasteiger partial charge in [-0.2, -0.15) is 0 Å². The molecule has 0 aromatic heterocycles. The Morgan fingerprint density at radius 3 is 1.84 bits per heavy atom. The standard InChI is InChI=1S/C23H29NO7/c1-7-24(8-2)14-15-9-16(22(25)30-6)11-18(10-15)31-23(26)17-12-19(27-3)21(29-5)20(13-17)28-4/h9-13H,7-8,14H2,1-6H3. The van der Waals surface area contributed by atoms with E-state index in [1.807, 2.05) is 0 Å². The molecule has 0 aliphatic carbocycles. The highest BCUT2D eigenvalue weighted by Crippen LogP contribution is 2.38. The Kier molecular flexibility index (Phi) is 8.69. The van der Waals surface area contributed by atoms with Crippen LogP contribution in [0.1, 0.15) is 40.1 Å². The summed E-state index contributed by atoms with van der Waals surface area (Å²) in [6.45, 7) is 6.41. The highest BCUT2D eigenvalue weighted by atomic mass is 16.5. The fourth-order valence-corrected chi connectivity index (χ4v) is 3.12. The molecule has 0 saturated heterocycles. The molecule has 0 spiro atoms. The molecular formula is C23H29NO7. The van der Waals surface area contributed by atoms with Crippen molar-refractivity contribution in [2.75, 3.05) is 41.5 Å². The average Bonchev–Trinajstić information content (AvgIpc) is 2.80. The topological polar surface area (TPSA) is 83.5 Å². The fraction of sp³-hybridized carbons (Fsp3) is 0.391. The van der Waals surface area contributed by atoms with Gasteiger partial charge in [0.2, 0.25) is 5.75 Å². The third-order valence-electron chi connectivity index (χ3n) is 4.80. The summed E-state index contributed by atoms with van der Waals surface area (Å²) in [7, 11) is 5.71. The number of esters is 2. The lowest BCUT2D eigenvalue weighted by atomic mass is 10.1. The third-order valence-corrected chi connectivity index (χ3v) is 4.80. The van der Waals surface area contributed by atoms with Crippen molar-refractivity contribution in [2.45, 2.75) is 20.4 Å². The first-order chi connectivity index (χ1) is 14.9. The van der Waals surface area contributed by atoms with E-state index < -0.39 is 11.9 Å². The molecule has 2 aromatic rings. The molecule has 0 unspecified atom stereocenters. The molecule has 0 aliphatic rings. The Balaban J connectivity index is 2.40. The lowest BCUT2D eigenvalue weighted by molar-refractivity contribution is 0.0597. The van der Waals surface area contributed by atoms with E-state index in [1.165, 1.54) is 46.6 Å². The molecular weight excluding hydrogens is 402 g/mol. The van der Waals surface area contributed by atoms with E-state index in [4.69, 9.17) is 23.7 Å². The number of rotatable bonds is 10. The Hall–Kier alpha value is -3.26. The molecule has 0 N–H and O–H groups in total. The van der Waals surface area contributed by atoms with Gasteiger partial charge in [-0.1, -0.05) is 13.8 Å². The van der Waals surface area contributed by atoms with Crippen LogP contribution in [0.2, 0.25) is 0 Å². The zero-order valence-electron chi connectivity index (χ0n) is 18.8. The van der Waals surface area contributed by atoms with Crippen LogP contribution in [0, 0.1) is 0 Å². The number of hydrogen-bond acceptors (Lipinski definition) is 8. The van der Waals surface area contributed by atoms with E-state index in [1.54, 1.807) is 12.1 Å². The van der Waals surface area contributed by atoms with Crippen LogP contribution < -0.4 is 18.9 Å².